The molecule has 1 fully saturated rings. The van der Waals surface area contributed by atoms with Crippen LogP contribution in [0.4, 0.5) is 0 Å². The molecule has 4 rings (SSSR count). The molecular formula is C24H24N4OS. The van der Waals surface area contributed by atoms with Gasteiger partial charge in [-0.2, -0.15) is 5.26 Å². The summed E-state index contributed by atoms with van der Waals surface area (Å²) in [5, 5.41) is 16.0. The number of piperidine rings is 1. The van der Waals surface area contributed by atoms with E-state index in [2.05, 4.69) is 51.4 Å². The van der Waals surface area contributed by atoms with E-state index in [1.165, 1.54) is 17.1 Å². The number of rotatable bonds is 7. The van der Waals surface area contributed by atoms with Gasteiger partial charge in [0.1, 0.15) is 18.1 Å². The van der Waals surface area contributed by atoms with Crippen molar-refractivity contribution in [3.8, 4) is 11.8 Å². The van der Waals surface area contributed by atoms with Crippen LogP contribution < -0.4 is 4.74 Å². The number of ether oxygens (including phenoxy) is 1. The predicted molar refractivity (Wildman–Crippen MR) is 119 cm³/mol. The smallest absolute Gasteiger partial charge is 0.133 e. The molecule has 152 valence electrons. The van der Waals surface area contributed by atoms with Gasteiger partial charge in [0.15, 0.2) is 0 Å². The third-order valence-corrected chi connectivity index (χ3v) is 6.29. The van der Waals surface area contributed by atoms with Gasteiger partial charge in [0.25, 0.3) is 0 Å². The first-order chi connectivity index (χ1) is 14.7. The Hall–Kier alpha value is -3.01. The number of benzene rings is 2. The summed E-state index contributed by atoms with van der Waals surface area (Å²) in [5.41, 5.74) is 3.54. The van der Waals surface area contributed by atoms with E-state index >= 15 is 0 Å². The third-order valence-electron chi connectivity index (χ3n) is 5.74. The van der Waals surface area contributed by atoms with Gasteiger partial charge >= 0.3 is 0 Å². The largest absolute Gasteiger partial charge is 0.487 e. The Morgan fingerprint density at radius 2 is 2.00 bits per heavy atom. The average Bonchev–Trinajstić information content (AvgIpc) is 3.33. The van der Waals surface area contributed by atoms with Crippen molar-refractivity contribution >= 4 is 17.6 Å². The van der Waals surface area contributed by atoms with Crippen LogP contribution in [0.15, 0.2) is 60.5 Å². The number of hydrogen-bond donors (Lipinski definition) is 0. The minimum absolute atomic E-state index is 0.352. The van der Waals surface area contributed by atoms with Gasteiger partial charge in [0, 0.05) is 30.6 Å². The summed E-state index contributed by atoms with van der Waals surface area (Å²) in [6, 6.07) is 19.2. The maximum absolute atomic E-state index is 10.1. The number of aromatic nitrogens is 2. The molecule has 5 nitrogen and oxygen atoms in total. The standard InChI is InChI=1S/C24H24N4OS/c1-2-20-8-9-21(14-23(20)29-16-22-17-30-27-26-22)24(18-25)10-12-28(13-11-24)15-19-6-4-3-5-7-19/h2-9,14,17H,1,10-13,15-16H2. The van der Waals surface area contributed by atoms with E-state index in [1.807, 2.05) is 29.6 Å². The number of nitrogens with zero attached hydrogens (tertiary/aromatic N) is 4. The van der Waals surface area contributed by atoms with Crippen LogP contribution in [-0.4, -0.2) is 27.6 Å². The Morgan fingerprint density at radius 1 is 1.20 bits per heavy atom. The number of hydrogen-bond acceptors (Lipinski definition) is 6. The van der Waals surface area contributed by atoms with Crippen LogP contribution in [0, 0.1) is 11.3 Å². The summed E-state index contributed by atoms with van der Waals surface area (Å²) < 4.78 is 9.88. The second-order valence-corrected chi connectivity index (χ2v) is 8.21. The monoisotopic (exact) mass is 416 g/mol. The molecule has 2 heterocycles. The van der Waals surface area contributed by atoms with Gasteiger partial charge in [-0.25, -0.2) is 0 Å². The molecule has 30 heavy (non-hydrogen) atoms. The lowest BCUT2D eigenvalue weighted by Gasteiger charge is -2.38. The Balaban J connectivity index is 1.49. The van der Waals surface area contributed by atoms with E-state index in [0.717, 1.165) is 55.0 Å². The van der Waals surface area contributed by atoms with Crippen LogP contribution in [0.2, 0.25) is 0 Å². The summed E-state index contributed by atoms with van der Waals surface area (Å²) in [5.74, 6) is 0.733. The normalized spacial score (nSPS) is 16.0. The molecule has 0 bridgehead atoms. The Labute approximate surface area is 181 Å². The lowest BCUT2D eigenvalue weighted by Crippen LogP contribution is -2.41. The molecule has 0 aliphatic carbocycles. The molecule has 6 heteroatoms. The molecule has 0 radical (unpaired) electrons. The highest BCUT2D eigenvalue weighted by Crippen LogP contribution is 2.38. The lowest BCUT2D eigenvalue weighted by atomic mass is 9.73. The minimum atomic E-state index is -0.493. The van der Waals surface area contributed by atoms with Crippen molar-refractivity contribution in [1.29, 1.82) is 5.26 Å². The molecule has 0 unspecified atom stereocenters. The highest BCUT2D eigenvalue weighted by Gasteiger charge is 2.37. The van der Waals surface area contributed by atoms with Gasteiger partial charge in [0.05, 0.1) is 11.5 Å². The zero-order chi connectivity index (χ0) is 20.8. The zero-order valence-corrected chi connectivity index (χ0v) is 17.6. The zero-order valence-electron chi connectivity index (χ0n) is 16.8. The molecule has 0 N–H and O–H groups in total. The van der Waals surface area contributed by atoms with Gasteiger partial charge in [-0.15, -0.1) is 5.10 Å². The molecule has 3 aromatic rings. The lowest BCUT2D eigenvalue weighted by molar-refractivity contribution is 0.179. The molecule has 1 aliphatic rings. The van der Waals surface area contributed by atoms with E-state index < -0.39 is 5.41 Å². The fraction of sp³-hybridized carbons (Fsp3) is 0.292. The van der Waals surface area contributed by atoms with E-state index in [0.29, 0.717) is 6.61 Å². The van der Waals surface area contributed by atoms with Crippen LogP contribution in [0.25, 0.3) is 6.08 Å². The topological polar surface area (TPSA) is 62.0 Å². The van der Waals surface area contributed by atoms with Crippen molar-refractivity contribution < 1.29 is 4.74 Å². The molecule has 0 saturated carbocycles. The summed E-state index contributed by atoms with van der Waals surface area (Å²) >= 11 is 1.31. The first-order valence-electron chi connectivity index (χ1n) is 10.1. The molecule has 0 amide bonds. The van der Waals surface area contributed by atoms with Crippen molar-refractivity contribution in [3.63, 3.8) is 0 Å². The molecule has 0 spiro atoms. The quantitative estimate of drug-likeness (QED) is 0.553. The number of nitriles is 1. The second kappa shape index (κ2) is 9.21. The average molecular weight is 417 g/mol. The van der Waals surface area contributed by atoms with E-state index in [4.69, 9.17) is 4.74 Å². The van der Waals surface area contributed by atoms with Crippen LogP contribution in [0.1, 0.15) is 35.2 Å². The van der Waals surface area contributed by atoms with E-state index in [9.17, 15) is 5.26 Å². The molecular weight excluding hydrogens is 392 g/mol. The molecule has 2 aromatic carbocycles. The summed E-state index contributed by atoms with van der Waals surface area (Å²) in [4.78, 5) is 2.43. The Kier molecular flexibility index (Phi) is 6.22. The fourth-order valence-corrected chi connectivity index (χ4v) is 4.36. The van der Waals surface area contributed by atoms with Crippen molar-refractivity contribution in [2.75, 3.05) is 13.1 Å². The molecule has 1 aliphatic heterocycles. The van der Waals surface area contributed by atoms with Crippen LogP contribution in [-0.2, 0) is 18.6 Å². The Morgan fingerprint density at radius 3 is 2.67 bits per heavy atom. The predicted octanol–water partition coefficient (Wildman–Crippen LogP) is 4.82. The van der Waals surface area contributed by atoms with Crippen LogP contribution >= 0.6 is 11.5 Å². The van der Waals surface area contributed by atoms with Crippen LogP contribution in [0.5, 0.6) is 5.75 Å². The van der Waals surface area contributed by atoms with E-state index in [1.54, 1.807) is 6.08 Å². The highest BCUT2D eigenvalue weighted by atomic mass is 32.1. The maximum Gasteiger partial charge on any atom is 0.133 e. The number of likely N-dealkylation sites (tertiary alicyclic amines) is 1. The van der Waals surface area contributed by atoms with Crippen molar-refractivity contribution in [3.05, 3.63) is 82.9 Å². The van der Waals surface area contributed by atoms with Crippen molar-refractivity contribution in [2.45, 2.75) is 31.4 Å². The first kappa shape index (κ1) is 20.3. The minimum Gasteiger partial charge on any atom is -0.487 e. The fourth-order valence-electron chi connectivity index (χ4n) is 3.92. The van der Waals surface area contributed by atoms with E-state index in [-0.39, 0.29) is 0 Å². The molecule has 1 aromatic heterocycles. The summed E-state index contributed by atoms with van der Waals surface area (Å²) in [7, 11) is 0. The van der Waals surface area contributed by atoms with Gasteiger partial charge < -0.3 is 4.74 Å². The van der Waals surface area contributed by atoms with Crippen molar-refractivity contribution in [2.24, 2.45) is 0 Å². The molecule has 0 atom stereocenters. The second-order valence-electron chi connectivity index (χ2n) is 7.60. The maximum atomic E-state index is 10.1. The SMILES string of the molecule is C=Cc1ccc(C2(C#N)CCN(Cc3ccccc3)CC2)cc1OCc1csnn1. The summed E-state index contributed by atoms with van der Waals surface area (Å²) in [6.45, 7) is 6.96. The molecule has 1 saturated heterocycles. The van der Waals surface area contributed by atoms with Gasteiger partial charge in [-0.05, 0) is 41.6 Å². The third kappa shape index (κ3) is 4.43. The van der Waals surface area contributed by atoms with Gasteiger partial charge in [-0.1, -0.05) is 59.6 Å². The van der Waals surface area contributed by atoms with Crippen LogP contribution in [0.3, 0.4) is 0 Å². The highest BCUT2D eigenvalue weighted by molar-refractivity contribution is 7.03. The van der Waals surface area contributed by atoms with Crippen molar-refractivity contribution in [1.82, 2.24) is 14.5 Å². The van der Waals surface area contributed by atoms with Gasteiger partial charge in [0.2, 0.25) is 0 Å². The first-order valence-corrected chi connectivity index (χ1v) is 10.9. The summed E-state index contributed by atoms with van der Waals surface area (Å²) in [6.07, 6.45) is 3.39. The Bertz CT molecular complexity index is 1020. The van der Waals surface area contributed by atoms with Gasteiger partial charge in [-0.3, -0.25) is 4.90 Å².